The number of phenolic OH excluding ortho intramolecular Hbond substituents is 1. The Kier molecular flexibility index (Phi) is 6.36. The van der Waals surface area contributed by atoms with E-state index in [1.54, 1.807) is 31.6 Å². The van der Waals surface area contributed by atoms with Crippen LogP contribution in [0.25, 0.3) is 27.9 Å². The van der Waals surface area contributed by atoms with Crippen LogP contribution in [-0.2, 0) is 7.05 Å². The largest absolute Gasteiger partial charge is 0.507 e. The van der Waals surface area contributed by atoms with Crippen molar-refractivity contribution in [3.05, 3.63) is 76.3 Å². The maximum Gasteiger partial charge on any atom is 0.332 e. The highest BCUT2D eigenvalue weighted by atomic mass is 35.5. The number of anilines is 1. The van der Waals surface area contributed by atoms with Gasteiger partial charge in [0.05, 0.1) is 30.9 Å². The summed E-state index contributed by atoms with van der Waals surface area (Å²) in [5.41, 5.74) is 1.06. The van der Waals surface area contributed by atoms with Crippen LogP contribution in [0.15, 0.2) is 59.8 Å². The number of aryl methyl sites for hydroxylation is 1. The van der Waals surface area contributed by atoms with Crippen molar-refractivity contribution in [1.82, 2.24) is 14.1 Å². The van der Waals surface area contributed by atoms with Crippen LogP contribution in [0.3, 0.4) is 0 Å². The number of rotatable bonds is 5. The van der Waals surface area contributed by atoms with Gasteiger partial charge in [0, 0.05) is 42.3 Å². The quantitative estimate of drug-likeness (QED) is 0.389. The van der Waals surface area contributed by atoms with Gasteiger partial charge in [-0.15, -0.1) is 0 Å². The van der Waals surface area contributed by atoms with Gasteiger partial charge in [0.25, 0.3) is 5.92 Å². The molecule has 2 aromatic carbocycles. The number of phenols is 1. The zero-order chi connectivity index (χ0) is 27.4. The highest BCUT2D eigenvalue weighted by Gasteiger charge is 2.48. The van der Waals surface area contributed by atoms with Crippen molar-refractivity contribution >= 4 is 17.3 Å². The third kappa shape index (κ3) is 4.37. The summed E-state index contributed by atoms with van der Waals surface area (Å²) in [7, 11) is 2.93. The zero-order valence-corrected chi connectivity index (χ0v) is 21.0. The summed E-state index contributed by atoms with van der Waals surface area (Å²) in [6.07, 6.45) is 2.59. The van der Waals surface area contributed by atoms with Crippen molar-refractivity contribution in [3.63, 3.8) is 0 Å². The Balaban J connectivity index is 1.57. The smallest absolute Gasteiger partial charge is 0.332 e. The third-order valence-corrected chi connectivity index (χ3v) is 6.80. The van der Waals surface area contributed by atoms with Crippen molar-refractivity contribution < 1.29 is 28.1 Å². The van der Waals surface area contributed by atoms with Gasteiger partial charge in [0.1, 0.15) is 23.4 Å². The lowest BCUT2D eigenvalue weighted by atomic mass is 9.97. The summed E-state index contributed by atoms with van der Waals surface area (Å²) in [4.78, 5) is 17.7. The van der Waals surface area contributed by atoms with Crippen molar-refractivity contribution in [2.75, 3.05) is 25.1 Å². The summed E-state index contributed by atoms with van der Waals surface area (Å²) >= 11 is 6.45. The van der Waals surface area contributed by atoms with Crippen LogP contribution in [-0.4, -0.2) is 56.6 Å². The van der Waals surface area contributed by atoms with Gasteiger partial charge in [-0.25, -0.2) is 22.9 Å². The number of methoxy groups -OCH3 is 1. The SMILES string of the molecule is COc1ncc(-c2cc(F)cc(-c3ccc(-n4ccn(C)c4=O)c(Cl)c3)c2O)cc1N1C[C@H](O)C(F)(F)C1. The molecule has 2 N–H and O–H groups in total. The number of β-amino-alcohol motifs (C(OH)–C–C–N with tert-alkyl or cyclic N) is 1. The van der Waals surface area contributed by atoms with E-state index in [0.29, 0.717) is 11.3 Å². The number of nitrogens with zero attached hydrogens (tertiary/aromatic N) is 4. The molecule has 1 saturated heterocycles. The molecule has 1 fully saturated rings. The number of aliphatic hydroxyl groups excluding tert-OH is 1. The number of aromatic hydroxyl groups is 1. The predicted molar refractivity (Wildman–Crippen MR) is 136 cm³/mol. The van der Waals surface area contributed by atoms with E-state index in [1.807, 2.05) is 0 Å². The second-order valence-corrected chi connectivity index (χ2v) is 9.39. The molecule has 2 aromatic heterocycles. The van der Waals surface area contributed by atoms with Gasteiger partial charge in [0.15, 0.2) is 0 Å². The Hall–Kier alpha value is -3.96. The Labute approximate surface area is 219 Å². The average molecular weight is 547 g/mol. The second-order valence-electron chi connectivity index (χ2n) is 8.99. The summed E-state index contributed by atoms with van der Waals surface area (Å²) in [5.74, 6) is -4.26. The highest BCUT2D eigenvalue weighted by molar-refractivity contribution is 6.32. The van der Waals surface area contributed by atoms with Crippen molar-refractivity contribution in [1.29, 1.82) is 0 Å². The molecule has 0 bridgehead atoms. The summed E-state index contributed by atoms with van der Waals surface area (Å²) in [5, 5.41) is 21.1. The van der Waals surface area contributed by atoms with Gasteiger partial charge in [-0.2, -0.15) is 0 Å². The van der Waals surface area contributed by atoms with Crippen LogP contribution >= 0.6 is 11.6 Å². The molecule has 1 atom stereocenters. The van der Waals surface area contributed by atoms with Gasteiger partial charge in [-0.3, -0.25) is 4.57 Å². The third-order valence-electron chi connectivity index (χ3n) is 6.50. The first-order chi connectivity index (χ1) is 18.0. The van der Waals surface area contributed by atoms with Crippen LogP contribution in [0, 0.1) is 5.82 Å². The van der Waals surface area contributed by atoms with Gasteiger partial charge in [-0.1, -0.05) is 17.7 Å². The second kappa shape index (κ2) is 9.41. The fourth-order valence-electron chi connectivity index (χ4n) is 4.48. The molecule has 8 nitrogen and oxygen atoms in total. The minimum absolute atomic E-state index is 0.0355. The molecule has 38 heavy (non-hydrogen) atoms. The summed E-state index contributed by atoms with van der Waals surface area (Å²) in [6.45, 7) is -1.12. The van der Waals surface area contributed by atoms with Crippen LogP contribution in [0.4, 0.5) is 18.9 Å². The first-order valence-corrected chi connectivity index (χ1v) is 11.8. The number of aliphatic hydroxyl groups is 1. The normalized spacial score (nSPS) is 16.7. The van der Waals surface area contributed by atoms with Gasteiger partial charge in [0.2, 0.25) is 5.88 Å². The predicted octanol–water partition coefficient (Wildman–Crippen LogP) is 4.23. The maximum absolute atomic E-state index is 14.8. The number of aromatic nitrogens is 3. The molecule has 12 heteroatoms. The topological polar surface area (TPSA) is 92.8 Å². The number of ether oxygens (including phenoxy) is 1. The van der Waals surface area contributed by atoms with Crippen molar-refractivity contribution in [2.24, 2.45) is 7.05 Å². The van der Waals surface area contributed by atoms with Gasteiger partial charge in [-0.05, 0) is 35.9 Å². The number of imidazole rings is 1. The molecule has 1 aliphatic rings. The van der Waals surface area contributed by atoms with Crippen molar-refractivity contribution in [3.8, 4) is 39.6 Å². The van der Waals surface area contributed by atoms with E-state index in [1.165, 1.54) is 39.5 Å². The lowest BCUT2D eigenvalue weighted by Crippen LogP contribution is -2.31. The van der Waals surface area contributed by atoms with E-state index < -0.39 is 24.4 Å². The van der Waals surface area contributed by atoms with E-state index in [-0.39, 0.29) is 51.3 Å². The average Bonchev–Trinajstić information content (AvgIpc) is 3.36. The van der Waals surface area contributed by atoms with Crippen LogP contribution in [0.5, 0.6) is 11.6 Å². The lowest BCUT2D eigenvalue weighted by Gasteiger charge is -2.21. The molecule has 1 aliphatic heterocycles. The molecular weight excluding hydrogens is 525 g/mol. The highest BCUT2D eigenvalue weighted by Crippen LogP contribution is 2.43. The van der Waals surface area contributed by atoms with Crippen LogP contribution < -0.4 is 15.3 Å². The standard InChI is InChI=1S/C26H22ClF3N4O4/c1-32-5-6-34(25(32)37)20-4-3-14(7-19(20)27)17-9-16(28)10-18(23(17)36)15-8-21(24(38-2)31-11-15)33-12-22(35)26(29,30)13-33/h3-11,22,35-36H,12-13H2,1-2H3/t22-/m0/s1. The van der Waals surface area contributed by atoms with Gasteiger partial charge < -0.3 is 24.4 Å². The fraction of sp³-hybridized carbons (Fsp3) is 0.231. The number of alkyl halides is 2. The van der Waals surface area contributed by atoms with E-state index in [2.05, 4.69) is 4.98 Å². The molecule has 0 saturated carbocycles. The first kappa shape index (κ1) is 25.7. The molecule has 0 aliphatic carbocycles. The Bertz CT molecular complexity index is 1600. The Morgan fingerprint density at radius 2 is 1.82 bits per heavy atom. The van der Waals surface area contributed by atoms with E-state index in [0.717, 1.165) is 12.1 Å². The minimum atomic E-state index is -3.33. The number of halogens is 4. The number of hydrogen-bond acceptors (Lipinski definition) is 6. The molecular formula is C26H22ClF3N4O4. The molecule has 0 radical (unpaired) electrons. The van der Waals surface area contributed by atoms with E-state index in [9.17, 15) is 28.2 Å². The first-order valence-electron chi connectivity index (χ1n) is 11.4. The molecule has 3 heterocycles. The number of hydrogen-bond donors (Lipinski definition) is 2. The van der Waals surface area contributed by atoms with Gasteiger partial charge >= 0.3 is 5.69 Å². The Morgan fingerprint density at radius 3 is 2.39 bits per heavy atom. The minimum Gasteiger partial charge on any atom is -0.507 e. The fourth-order valence-corrected chi connectivity index (χ4v) is 4.75. The molecule has 198 valence electrons. The van der Waals surface area contributed by atoms with Crippen LogP contribution in [0.2, 0.25) is 5.02 Å². The molecule has 4 aromatic rings. The molecule has 0 spiro atoms. The maximum atomic E-state index is 14.8. The van der Waals surface area contributed by atoms with E-state index in [4.69, 9.17) is 16.3 Å². The molecule has 0 unspecified atom stereocenters. The number of pyridine rings is 1. The molecule has 5 rings (SSSR count). The van der Waals surface area contributed by atoms with Crippen molar-refractivity contribution in [2.45, 2.75) is 12.0 Å². The monoisotopic (exact) mass is 546 g/mol. The Morgan fingerprint density at radius 1 is 1.11 bits per heavy atom. The zero-order valence-electron chi connectivity index (χ0n) is 20.2. The summed E-state index contributed by atoms with van der Waals surface area (Å²) < 4.78 is 50.8. The number of benzene rings is 2. The molecule has 0 amide bonds. The van der Waals surface area contributed by atoms with E-state index >= 15 is 0 Å². The summed E-state index contributed by atoms with van der Waals surface area (Å²) in [6, 6.07) is 8.34. The lowest BCUT2D eigenvalue weighted by molar-refractivity contribution is -0.0712. The van der Waals surface area contributed by atoms with Crippen LogP contribution in [0.1, 0.15) is 0 Å².